The molecule has 0 saturated carbocycles. The average Bonchev–Trinajstić information content (AvgIpc) is 2.03. The van der Waals surface area contributed by atoms with Crippen molar-refractivity contribution in [3.8, 4) is 0 Å². The van der Waals surface area contributed by atoms with E-state index in [0.717, 1.165) is 0 Å². The topological polar surface area (TPSA) is 112 Å². The van der Waals surface area contributed by atoms with E-state index in [4.69, 9.17) is 16.2 Å². The number of guanidine groups is 1. The van der Waals surface area contributed by atoms with Gasteiger partial charge in [-0.15, -0.1) is 0 Å². The molecule has 0 unspecified atom stereocenters. The molecule has 0 amide bonds. The lowest BCUT2D eigenvalue weighted by Crippen LogP contribution is -2.22. The Hall–Kier alpha value is -2.11. The molecule has 6 nitrogen and oxygen atoms in total. The number of carbonyl (C=O) groups is 1. The summed E-state index contributed by atoms with van der Waals surface area (Å²) >= 11 is 0. The summed E-state index contributed by atoms with van der Waals surface area (Å²) < 4.78 is 0. The standard InChI is InChI=1S/C7H8N4O2/c8-7(9)11-4-2-1-3-10-5(4)6(12)13/h1-3H,(H,12,13)(H4,8,9,11). The van der Waals surface area contributed by atoms with Gasteiger partial charge in [0.2, 0.25) is 0 Å². The SMILES string of the molecule is N=C(N)Nc1cccnc1C(=O)O. The predicted octanol–water partition coefficient (Wildman–Crippen LogP) is 0.0852. The first-order chi connectivity index (χ1) is 6.11. The molecule has 0 aromatic carbocycles. The number of pyridine rings is 1. The van der Waals surface area contributed by atoms with Crippen molar-refractivity contribution < 1.29 is 9.90 Å². The Balaban J connectivity index is 3.04. The molecular formula is C7H8N4O2. The van der Waals surface area contributed by atoms with E-state index in [9.17, 15) is 4.79 Å². The summed E-state index contributed by atoms with van der Waals surface area (Å²) in [4.78, 5) is 14.2. The zero-order chi connectivity index (χ0) is 9.84. The van der Waals surface area contributed by atoms with Gasteiger partial charge in [0.25, 0.3) is 0 Å². The highest BCUT2D eigenvalue weighted by Crippen LogP contribution is 2.10. The van der Waals surface area contributed by atoms with Crippen LogP contribution in [0.5, 0.6) is 0 Å². The molecule has 1 aromatic heterocycles. The van der Waals surface area contributed by atoms with Crippen molar-refractivity contribution in [2.75, 3.05) is 5.32 Å². The van der Waals surface area contributed by atoms with Crippen LogP contribution < -0.4 is 11.1 Å². The summed E-state index contributed by atoms with van der Waals surface area (Å²) in [6.07, 6.45) is 1.36. The van der Waals surface area contributed by atoms with Crippen molar-refractivity contribution >= 4 is 17.6 Å². The molecule has 0 radical (unpaired) electrons. The Morgan fingerprint density at radius 2 is 2.38 bits per heavy atom. The van der Waals surface area contributed by atoms with E-state index in [2.05, 4.69) is 10.3 Å². The van der Waals surface area contributed by atoms with Crippen LogP contribution in [0.1, 0.15) is 10.5 Å². The number of nitrogens with one attached hydrogen (secondary N) is 2. The van der Waals surface area contributed by atoms with Crippen LogP contribution in [-0.4, -0.2) is 22.0 Å². The number of carboxylic acid groups (broad SMARTS) is 1. The van der Waals surface area contributed by atoms with Gasteiger partial charge in [0, 0.05) is 6.20 Å². The molecule has 0 aliphatic heterocycles. The van der Waals surface area contributed by atoms with Gasteiger partial charge in [-0.3, -0.25) is 5.41 Å². The minimum Gasteiger partial charge on any atom is -0.476 e. The van der Waals surface area contributed by atoms with Gasteiger partial charge in [-0.25, -0.2) is 9.78 Å². The summed E-state index contributed by atoms with van der Waals surface area (Å²) in [6.45, 7) is 0. The van der Waals surface area contributed by atoms with Crippen molar-refractivity contribution in [3.05, 3.63) is 24.0 Å². The first-order valence-corrected chi connectivity index (χ1v) is 3.40. The lowest BCUT2D eigenvalue weighted by Gasteiger charge is -2.05. The number of aromatic carboxylic acids is 1. The maximum absolute atomic E-state index is 10.6. The van der Waals surface area contributed by atoms with Gasteiger partial charge in [0.05, 0.1) is 5.69 Å². The first-order valence-electron chi connectivity index (χ1n) is 3.40. The third kappa shape index (κ3) is 2.16. The number of nitrogens with zero attached hydrogens (tertiary/aromatic N) is 1. The second kappa shape index (κ2) is 3.53. The normalized spacial score (nSPS) is 9.23. The molecule has 0 saturated heterocycles. The number of nitrogens with two attached hydrogens (primary N) is 1. The fraction of sp³-hybridized carbons (Fsp3) is 0. The molecule has 0 fully saturated rings. The van der Waals surface area contributed by atoms with Crippen molar-refractivity contribution in [1.29, 1.82) is 5.41 Å². The molecule has 0 spiro atoms. The number of carboxylic acids is 1. The highest BCUT2D eigenvalue weighted by molar-refractivity contribution is 5.98. The predicted molar refractivity (Wildman–Crippen MR) is 46.7 cm³/mol. The van der Waals surface area contributed by atoms with Crippen LogP contribution in [0.2, 0.25) is 0 Å². The summed E-state index contributed by atoms with van der Waals surface area (Å²) in [5.41, 5.74) is 5.10. The zero-order valence-corrected chi connectivity index (χ0v) is 6.61. The van der Waals surface area contributed by atoms with Crippen molar-refractivity contribution in [2.24, 2.45) is 5.73 Å². The van der Waals surface area contributed by atoms with E-state index >= 15 is 0 Å². The number of rotatable bonds is 2. The van der Waals surface area contributed by atoms with Gasteiger partial charge < -0.3 is 16.2 Å². The second-order valence-electron chi connectivity index (χ2n) is 2.24. The van der Waals surface area contributed by atoms with E-state index in [-0.39, 0.29) is 17.3 Å². The van der Waals surface area contributed by atoms with Crippen molar-refractivity contribution in [2.45, 2.75) is 0 Å². The summed E-state index contributed by atoms with van der Waals surface area (Å²) in [5, 5.41) is 18.0. The van der Waals surface area contributed by atoms with Crippen LogP contribution in [-0.2, 0) is 0 Å². The number of aromatic nitrogens is 1. The maximum atomic E-state index is 10.6. The van der Waals surface area contributed by atoms with Crippen LogP contribution in [0.3, 0.4) is 0 Å². The fourth-order valence-electron chi connectivity index (χ4n) is 0.822. The van der Waals surface area contributed by atoms with Crippen LogP contribution in [0.25, 0.3) is 0 Å². The first kappa shape index (κ1) is 8.98. The molecule has 5 N–H and O–H groups in total. The Bertz CT molecular complexity index is 350. The summed E-state index contributed by atoms with van der Waals surface area (Å²) in [6, 6.07) is 3.04. The number of hydrogen-bond donors (Lipinski definition) is 4. The summed E-state index contributed by atoms with van der Waals surface area (Å²) in [5.74, 6) is -1.49. The Kier molecular flexibility index (Phi) is 2.44. The third-order valence-electron chi connectivity index (χ3n) is 1.28. The van der Waals surface area contributed by atoms with Gasteiger partial charge in [-0.1, -0.05) is 0 Å². The highest BCUT2D eigenvalue weighted by Gasteiger charge is 2.10. The van der Waals surface area contributed by atoms with E-state index < -0.39 is 5.97 Å². The fourth-order valence-corrected chi connectivity index (χ4v) is 0.822. The van der Waals surface area contributed by atoms with Crippen molar-refractivity contribution in [1.82, 2.24) is 4.98 Å². The molecular weight excluding hydrogens is 172 g/mol. The minimum absolute atomic E-state index is 0.155. The highest BCUT2D eigenvalue weighted by atomic mass is 16.4. The van der Waals surface area contributed by atoms with E-state index in [1.165, 1.54) is 12.3 Å². The smallest absolute Gasteiger partial charge is 0.356 e. The Morgan fingerprint density at radius 3 is 2.92 bits per heavy atom. The van der Waals surface area contributed by atoms with E-state index in [1.54, 1.807) is 6.07 Å². The van der Waals surface area contributed by atoms with Crippen LogP contribution >= 0.6 is 0 Å². The van der Waals surface area contributed by atoms with Crippen LogP contribution in [0, 0.1) is 5.41 Å². The second-order valence-corrected chi connectivity index (χ2v) is 2.24. The average molecular weight is 180 g/mol. The Morgan fingerprint density at radius 1 is 1.69 bits per heavy atom. The molecule has 0 bridgehead atoms. The lowest BCUT2D eigenvalue weighted by molar-refractivity contribution is 0.0692. The van der Waals surface area contributed by atoms with Gasteiger partial charge in [-0.2, -0.15) is 0 Å². The minimum atomic E-state index is -1.16. The third-order valence-corrected chi connectivity index (χ3v) is 1.28. The molecule has 0 atom stereocenters. The molecule has 6 heteroatoms. The van der Waals surface area contributed by atoms with Crippen LogP contribution in [0.15, 0.2) is 18.3 Å². The molecule has 1 heterocycles. The Labute approximate surface area is 73.9 Å². The quantitative estimate of drug-likeness (QED) is 0.380. The number of hydrogen-bond acceptors (Lipinski definition) is 3. The maximum Gasteiger partial charge on any atom is 0.356 e. The molecule has 1 rings (SSSR count). The van der Waals surface area contributed by atoms with E-state index in [0.29, 0.717) is 0 Å². The van der Waals surface area contributed by atoms with Gasteiger partial charge >= 0.3 is 5.97 Å². The lowest BCUT2D eigenvalue weighted by atomic mass is 10.3. The largest absolute Gasteiger partial charge is 0.476 e. The monoisotopic (exact) mass is 180 g/mol. The summed E-state index contributed by atoms with van der Waals surface area (Å²) in [7, 11) is 0. The van der Waals surface area contributed by atoms with E-state index in [1.807, 2.05) is 0 Å². The van der Waals surface area contributed by atoms with Gasteiger partial charge in [-0.05, 0) is 12.1 Å². The number of anilines is 1. The van der Waals surface area contributed by atoms with Crippen molar-refractivity contribution in [3.63, 3.8) is 0 Å². The molecule has 0 aliphatic carbocycles. The molecule has 1 aromatic rings. The zero-order valence-electron chi connectivity index (χ0n) is 6.61. The van der Waals surface area contributed by atoms with Gasteiger partial charge in [0.1, 0.15) is 0 Å². The molecule has 0 aliphatic rings. The molecule has 68 valence electrons. The molecule has 13 heavy (non-hydrogen) atoms. The van der Waals surface area contributed by atoms with Crippen LogP contribution in [0.4, 0.5) is 5.69 Å². The van der Waals surface area contributed by atoms with Gasteiger partial charge in [0.15, 0.2) is 11.7 Å².